The van der Waals surface area contributed by atoms with Gasteiger partial charge < -0.3 is 14.6 Å². The van der Waals surface area contributed by atoms with Crippen LogP contribution in [0.25, 0.3) is 11.5 Å². The van der Waals surface area contributed by atoms with Crippen LogP contribution in [-0.4, -0.2) is 32.1 Å². The molecule has 0 spiro atoms. The predicted molar refractivity (Wildman–Crippen MR) is 59.8 cm³/mol. The number of nitrogens with zero attached hydrogens (tertiary/aromatic N) is 2. The van der Waals surface area contributed by atoms with Crippen LogP contribution in [0, 0.1) is 0 Å². The van der Waals surface area contributed by atoms with Crippen LogP contribution in [0.5, 0.6) is 5.75 Å². The molecule has 0 bridgehead atoms. The van der Waals surface area contributed by atoms with Gasteiger partial charge in [-0.15, -0.1) is 10.2 Å². The van der Waals surface area contributed by atoms with Crippen LogP contribution in [0.4, 0.5) is 0 Å². The zero-order chi connectivity index (χ0) is 12.3. The molecule has 0 amide bonds. The summed E-state index contributed by atoms with van der Waals surface area (Å²) in [4.78, 5) is 10.4. The summed E-state index contributed by atoms with van der Waals surface area (Å²) >= 11 is 0.928. The number of aliphatic carboxylic acids is 1. The van der Waals surface area contributed by atoms with Crippen LogP contribution in [0.2, 0.25) is 0 Å². The minimum absolute atomic E-state index is 0.0333. The van der Waals surface area contributed by atoms with E-state index in [0.717, 1.165) is 11.8 Å². The zero-order valence-corrected chi connectivity index (χ0v) is 9.35. The van der Waals surface area contributed by atoms with Gasteiger partial charge in [-0.3, -0.25) is 4.79 Å². The quantitative estimate of drug-likeness (QED) is 0.798. The number of phenols is 1. The lowest BCUT2D eigenvalue weighted by molar-refractivity contribution is -0.133. The van der Waals surface area contributed by atoms with Gasteiger partial charge in [-0.25, -0.2) is 0 Å². The molecule has 1 aromatic heterocycles. The lowest BCUT2D eigenvalue weighted by atomic mass is 10.2. The van der Waals surface area contributed by atoms with E-state index in [2.05, 4.69) is 10.2 Å². The Morgan fingerprint density at radius 3 is 2.82 bits per heavy atom. The van der Waals surface area contributed by atoms with E-state index < -0.39 is 5.97 Å². The standard InChI is InChI=1S/C10H8N2O4S/c13-7-4-2-1-3-6(7)9-11-12-10(16-9)17-5-8(14)15/h1-4,13H,5H2,(H,14,15). The van der Waals surface area contributed by atoms with Gasteiger partial charge in [0.15, 0.2) is 0 Å². The van der Waals surface area contributed by atoms with Gasteiger partial charge in [0.05, 0.1) is 5.56 Å². The minimum atomic E-state index is -0.961. The molecule has 2 aromatic rings. The first-order valence-corrected chi connectivity index (χ1v) is 5.62. The molecule has 17 heavy (non-hydrogen) atoms. The molecule has 2 N–H and O–H groups in total. The number of hydrogen-bond acceptors (Lipinski definition) is 6. The Kier molecular flexibility index (Phi) is 3.29. The number of hydrogen-bond donors (Lipinski definition) is 2. The first-order valence-electron chi connectivity index (χ1n) is 4.63. The van der Waals surface area contributed by atoms with Crippen LogP contribution in [-0.2, 0) is 4.79 Å². The normalized spacial score (nSPS) is 10.4. The van der Waals surface area contributed by atoms with Crippen molar-refractivity contribution in [3.63, 3.8) is 0 Å². The summed E-state index contributed by atoms with van der Waals surface area (Å²) < 4.78 is 5.22. The lowest BCUT2D eigenvalue weighted by Gasteiger charge is -1.97. The number of phenolic OH excluding ortho intramolecular Hbond substituents is 1. The van der Waals surface area contributed by atoms with Crippen molar-refractivity contribution in [3.8, 4) is 17.2 Å². The van der Waals surface area contributed by atoms with Crippen molar-refractivity contribution in [1.29, 1.82) is 0 Å². The van der Waals surface area contributed by atoms with E-state index in [-0.39, 0.29) is 22.6 Å². The monoisotopic (exact) mass is 252 g/mol. The Balaban J connectivity index is 2.18. The first kappa shape index (κ1) is 11.5. The fourth-order valence-electron chi connectivity index (χ4n) is 1.15. The summed E-state index contributed by atoms with van der Waals surface area (Å²) in [6.07, 6.45) is 0. The molecular weight excluding hydrogens is 244 g/mol. The molecule has 0 aliphatic rings. The molecule has 0 radical (unpaired) electrons. The largest absolute Gasteiger partial charge is 0.507 e. The molecule has 0 saturated heterocycles. The smallest absolute Gasteiger partial charge is 0.314 e. The van der Waals surface area contributed by atoms with Gasteiger partial charge >= 0.3 is 5.97 Å². The Labute approximate surface area is 100 Å². The maximum atomic E-state index is 10.4. The highest BCUT2D eigenvalue weighted by molar-refractivity contribution is 7.99. The van der Waals surface area contributed by atoms with Crippen molar-refractivity contribution in [1.82, 2.24) is 10.2 Å². The molecule has 1 aromatic carbocycles. The van der Waals surface area contributed by atoms with Gasteiger partial charge in [0.1, 0.15) is 11.5 Å². The second kappa shape index (κ2) is 4.88. The Morgan fingerprint density at radius 2 is 2.12 bits per heavy atom. The third kappa shape index (κ3) is 2.76. The fourth-order valence-corrected chi connectivity index (χ4v) is 1.64. The molecule has 0 aliphatic heterocycles. The predicted octanol–water partition coefficient (Wildman–Crippen LogP) is 1.62. The average Bonchev–Trinajstić information content (AvgIpc) is 2.75. The zero-order valence-electron chi connectivity index (χ0n) is 8.53. The van der Waals surface area contributed by atoms with E-state index in [4.69, 9.17) is 9.52 Å². The number of carboxylic acid groups (broad SMARTS) is 1. The van der Waals surface area contributed by atoms with E-state index in [9.17, 15) is 9.90 Å². The molecule has 7 heteroatoms. The third-order valence-corrected chi connectivity index (χ3v) is 2.66. The number of aromatic hydroxyl groups is 1. The average molecular weight is 252 g/mol. The summed E-state index contributed by atoms with van der Waals surface area (Å²) in [6, 6.07) is 6.54. The lowest BCUT2D eigenvalue weighted by Crippen LogP contribution is -1.97. The van der Waals surface area contributed by atoms with Crippen molar-refractivity contribution in [2.45, 2.75) is 5.22 Å². The number of para-hydroxylation sites is 1. The van der Waals surface area contributed by atoms with Crippen LogP contribution in [0.15, 0.2) is 33.9 Å². The van der Waals surface area contributed by atoms with E-state index in [1.807, 2.05) is 0 Å². The molecule has 0 aliphatic carbocycles. The number of carbonyl (C=O) groups is 1. The SMILES string of the molecule is O=C(O)CSc1nnc(-c2ccccc2O)o1. The molecule has 6 nitrogen and oxygen atoms in total. The summed E-state index contributed by atoms with van der Waals surface area (Å²) in [6.45, 7) is 0. The summed E-state index contributed by atoms with van der Waals surface area (Å²) in [7, 11) is 0. The summed E-state index contributed by atoms with van der Waals surface area (Å²) in [5.74, 6) is -0.915. The van der Waals surface area contributed by atoms with Crippen LogP contribution in [0.1, 0.15) is 0 Å². The molecule has 1 heterocycles. The summed E-state index contributed by atoms with van der Waals surface area (Å²) in [5.41, 5.74) is 0.419. The molecular formula is C10H8N2O4S. The van der Waals surface area contributed by atoms with Gasteiger partial charge in [0, 0.05) is 0 Å². The second-order valence-electron chi connectivity index (χ2n) is 3.07. The van der Waals surface area contributed by atoms with Crippen molar-refractivity contribution < 1.29 is 19.4 Å². The molecule has 0 atom stereocenters. The topological polar surface area (TPSA) is 96.5 Å². The Hall–Kier alpha value is -2.02. The van der Waals surface area contributed by atoms with E-state index >= 15 is 0 Å². The Bertz CT molecular complexity index is 541. The highest BCUT2D eigenvalue weighted by Gasteiger charge is 2.12. The van der Waals surface area contributed by atoms with Gasteiger partial charge in [-0.05, 0) is 12.1 Å². The number of rotatable bonds is 4. The van der Waals surface area contributed by atoms with Gasteiger partial charge in [0.2, 0.25) is 0 Å². The van der Waals surface area contributed by atoms with Crippen LogP contribution >= 0.6 is 11.8 Å². The number of thioether (sulfide) groups is 1. The number of benzene rings is 1. The maximum absolute atomic E-state index is 10.4. The van der Waals surface area contributed by atoms with E-state index in [1.165, 1.54) is 6.07 Å². The minimum Gasteiger partial charge on any atom is -0.507 e. The number of aromatic nitrogens is 2. The molecule has 0 saturated carbocycles. The highest BCUT2D eigenvalue weighted by atomic mass is 32.2. The molecule has 2 rings (SSSR count). The van der Waals surface area contributed by atoms with Crippen LogP contribution in [0.3, 0.4) is 0 Å². The Morgan fingerprint density at radius 1 is 1.35 bits per heavy atom. The van der Waals surface area contributed by atoms with Gasteiger partial charge in [0.25, 0.3) is 11.1 Å². The maximum Gasteiger partial charge on any atom is 0.314 e. The van der Waals surface area contributed by atoms with E-state index in [0.29, 0.717) is 5.56 Å². The van der Waals surface area contributed by atoms with Crippen LogP contribution < -0.4 is 0 Å². The third-order valence-electron chi connectivity index (χ3n) is 1.86. The van der Waals surface area contributed by atoms with Crippen molar-refractivity contribution >= 4 is 17.7 Å². The second-order valence-corrected chi connectivity index (χ2v) is 4.00. The van der Waals surface area contributed by atoms with E-state index in [1.54, 1.807) is 18.2 Å². The highest BCUT2D eigenvalue weighted by Crippen LogP contribution is 2.29. The number of carboxylic acids is 1. The first-order chi connectivity index (χ1) is 8.16. The summed E-state index contributed by atoms with van der Waals surface area (Å²) in [5, 5.41) is 25.6. The van der Waals surface area contributed by atoms with Crippen molar-refractivity contribution in [2.24, 2.45) is 0 Å². The van der Waals surface area contributed by atoms with Crippen molar-refractivity contribution in [2.75, 3.05) is 5.75 Å². The molecule has 0 unspecified atom stereocenters. The van der Waals surface area contributed by atoms with Gasteiger partial charge in [-0.2, -0.15) is 0 Å². The van der Waals surface area contributed by atoms with Crippen molar-refractivity contribution in [3.05, 3.63) is 24.3 Å². The molecule has 88 valence electrons. The molecule has 0 fully saturated rings. The van der Waals surface area contributed by atoms with Gasteiger partial charge in [-0.1, -0.05) is 23.9 Å². The fraction of sp³-hybridized carbons (Fsp3) is 0.100.